The Balaban J connectivity index is 4.00. The third-order valence-electron chi connectivity index (χ3n) is 1.79. The average Bonchev–Trinajstić information content (AvgIpc) is 1.60. The van der Waals surface area contributed by atoms with Gasteiger partial charge in [0.05, 0.1) is 0 Å². The van der Waals surface area contributed by atoms with E-state index < -0.39 is 0 Å². The van der Waals surface area contributed by atoms with Gasteiger partial charge in [0.25, 0.3) is 0 Å². The summed E-state index contributed by atoms with van der Waals surface area (Å²) in [6.45, 7) is 12.4. The first-order valence-electron chi connectivity index (χ1n) is 3.81. The number of rotatable bonds is 3. The van der Waals surface area contributed by atoms with Crippen LogP contribution >= 0.6 is 0 Å². The largest absolute Gasteiger partial charge is 0.402 e. The monoisotopic (exact) mass is 141 g/mol. The molecule has 0 bridgehead atoms. The van der Waals surface area contributed by atoms with Gasteiger partial charge in [-0.1, -0.05) is 34.3 Å². The lowest BCUT2D eigenvalue weighted by Gasteiger charge is -2.26. The van der Waals surface area contributed by atoms with Crippen LogP contribution in [0.3, 0.4) is 0 Å². The van der Waals surface area contributed by atoms with Gasteiger partial charge in [-0.25, -0.2) is 0 Å². The van der Waals surface area contributed by atoms with Gasteiger partial charge in [-0.15, -0.1) is 0 Å². The van der Waals surface area contributed by atoms with E-state index in [1.165, 1.54) is 0 Å². The van der Waals surface area contributed by atoms with Gasteiger partial charge in [0.2, 0.25) is 0 Å². The fourth-order valence-electron chi connectivity index (χ4n) is 1.15. The van der Waals surface area contributed by atoms with Gasteiger partial charge in [-0.05, 0) is 12.3 Å². The highest BCUT2D eigenvalue weighted by atomic mass is 14.6. The molecule has 0 rings (SSSR count). The Bertz CT molecular complexity index is 123. The Morgan fingerprint density at radius 3 is 2.00 bits per heavy atom. The summed E-state index contributed by atoms with van der Waals surface area (Å²) >= 11 is 0. The topological polar surface area (TPSA) is 26.0 Å². The molecule has 1 heteroatoms. The Kier molecular flexibility index (Phi) is 2.95. The van der Waals surface area contributed by atoms with Crippen LogP contribution in [-0.4, -0.2) is 0 Å². The summed E-state index contributed by atoms with van der Waals surface area (Å²) in [5, 5.41) is 0. The average molecular weight is 141 g/mol. The molecule has 10 heavy (non-hydrogen) atoms. The van der Waals surface area contributed by atoms with Crippen LogP contribution in [-0.2, 0) is 0 Å². The summed E-state index contributed by atoms with van der Waals surface area (Å²) in [4.78, 5) is 0. The maximum atomic E-state index is 5.62. The van der Waals surface area contributed by atoms with Crippen LogP contribution in [0, 0.1) is 11.3 Å². The van der Waals surface area contributed by atoms with Crippen LogP contribution in [0.15, 0.2) is 12.3 Å². The molecule has 0 aromatic carbocycles. The molecule has 0 unspecified atom stereocenters. The molecule has 0 heterocycles. The van der Waals surface area contributed by atoms with Crippen molar-refractivity contribution in [2.45, 2.75) is 34.1 Å². The molecule has 0 saturated heterocycles. The van der Waals surface area contributed by atoms with E-state index in [1.807, 2.05) is 0 Å². The SMILES string of the molecule is C=C(N)C(C)(C)CC(C)C. The molecular weight excluding hydrogens is 122 g/mol. The molecule has 60 valence electrons. The van der Waals surface area contributed by atoms with Crippen LogP contribution in [0.4, 0.5) is 0 Å². The number of nitrogens with two attached hydrogens (primary N) is 1. The number of allylic oxidation sites excluding steroid dienone is 1. The van der Waals surface area contributed by atoms with E-state index >= 15 is 0 Å². The van der Waals surface area contributed by atoms with Crippen molar-refractivity contribution in [3.63, 3.8) is 0 Å². The zero-order valence-corrected chi connectivity index (χ0v) is 7.57. The Morgan fingerprint density at radius 2 is 1.90 bits per heavy atom. The van der Waals surface area contributed by atoms with Gasteiger partial charge in [0.15, 0.2) is 0 Å². The van der Waals surface area contributed by atoms with Gasteiger partial charge in [0.1, 0.15) is 0 Å². The molecule has 2 N–H and O–H groups in total. The van der Waals surface area contributed by atoms with Crippen molar-refractivity contribution in [3.8, 4) is 0 Å². The first kappa shape index (κ1) is 9.54. The standard InChI is InChI=1S/C9H19N/c1-7(2)6-9(4,5)8(3)10/h7H,3,6,10H2,1-2,4-5H3. The minimum absolute atomic E-state index is 0.105. The normalized spacial score (nSPS) is 12.1. The van der Waals surface area contributed by atoms with Gasteiger partial charge >= 0.3 is 0 Å². The van der Waals surface area contributed by atoms with Crippen molar-refractivity contribution in [3.05, 3.63) is 12.3 Å². The Hall–Kier alpha value is -0.460. The molecule has 0 radical (unpaired) electrons. The minimum Gasteiger partial charge on any atom is -0.402 e. The van der Waals surface area contributed by atoms with E-state index in [0.29, 0.717) is 5.92 Å². The molecule has 0 aromatic rings. The van der Waals surface area contributed by atoms with E-state index in [9.17, 15) is 0 Å². The summed E-state index contributed by atoms with van der Waals surface area (Å²) < 4.78 is 0. The summed E-state index contributed by atoms with van der Waals surface area (Å²) in [7, 11) is 0. The lowest BCUT2D eigenvalue weighted by atomic mass is 9.82. The van der Waals surface area contributed by atoms with Crippen LogP contribution in [0.5, 0.6) is 0 Å². The van der Waals surface area contributed by atoms with Crippen molar-refractivity contribution < 1.29 is 0 Å². The van der Waals surface area contributed by atoms with Crippen LogP contribution < -0.4 is 5.73 Å². The molecule has 0 amide bonds. The van der Waals surface area contributed by atoms with Crippen LogP contribution in [0.25, 0.3) is 0 Å². The summed E-state index contributed by atoms with van der Waals surface area (Å²) in [6.07, 6.45) is 1.11. The predicted molar refractivity (Wildman–Crippen MR) is 46.6 cm³/mol. The van der Waals surface area contributed by atoms with Gasteiger partial charge in [-0.3, -0.25) is 0 Å². The second-order valence-corrected chi connectivity index (χ2v) is 4.01. The molecule has 0 aliphatic heterocycles. The second kappa shape index (κ2) is 3.09. The minimum atomic E-state index is 0.105. The first-order valence-corrected chi connectivity index (χ1v) is 3.81. The van der Waals surface area contributed by atoms with Crippen molar-refractivity contribution in [2.75, 3.05) is 0 Å². The van der Waals surface area contributed by atoms with Gasteiger partial charge in [-0.2, -0.15) is 0 Å². The van der Waals surface area contributed by atoms with Crippen molar-refractivity contribution >= 4 is 0 Å². The highest BCUT2D eigenvalue weighted by Crippen LogP contribution is 2.29. The summed E-state index contributed by atoms with van der Waals surface area (Å²) in [5.41, 5.74) is 6.52. The molecule has 0 saturated carbocycles. The maximum Gasteiger partial charge on any atom is 0.00650 e. The van der Waals surface area contributed by atoms with E-state index in [0.717, 1.165) is 12.1 Å². The molecule has 0 aliphatic carbocycles. The smallest absolute Gasteiger partial charge is 0.00650 e. The Labute approximate surface area is 64.3 Å². The highest BCUT2D eigenvalue weighted by molar-refractivity contribution is 5.01. The lowest BCUT2D eigenvalue weighted by molar-refractivity contribution is 0.342. The van der Waals surface area contributed by atoms with E-state index in [-0.39, 0.29) is 5.41 Å². The molecule has 0 fully saturated rings. The molecular formula is C9H19N. The number of hydrogen-bond acceptors (Lipinski definition) is 1. The molecule has 0 aromatic heterocycles. The number of hydrogen-bond donors (Lipinski definition) is 1. The van der Waals surface area contributed by atoms with E-state index in [4.69, 9.17) is 5.73 Å². The van der Waals surface area contributed by atoms with E-state index in [2.05, 4.69) is 34.3 Å². The lowest BCUT2D eigenvalue weighted by Crippen LogP contribution is -2.21. The summed E-state index contributed by atoms with van der Waals surface area (Å²) in [6, 6.07) is 0. The summed E-state index contributed by atoms with van der Waals surface area (Å²) in [5.74, 6) is 0.690. The molecule has 0 aliphatic rings. The van der Waals surface area contributed by atoms with Crippen LogP contribution in [0.2, 0.25) is 0 Å². The van der Waals surface area contributed by atoms with Crippen molar-refractivity contribution in [1.29, 1.82) is 0 Å². The van der Waals surface area contributed by atoms with Crippen molar-refractivity contribution in [2.24, 2.45) is 17.1 Å². The highest BCUT2D eigenvalue weighted by Gasteiger charge is 2.20. The predicted octanol–water partition coefficient (Wildman–Crippen LogP) is 2.53. The maximum absolute atomic E-state index is 5.62. The zero-order valence-electron chi connectivity index (χ0n) is 7.57. The fraction of sp³-hybridized carbons (Fsp3) is 0.778. The first-order chi connectivity index (χ1) is 4.36. The Morgan fingerprint density at radius 1 is 1.50 bits per heavy atom. The molecule has 1 nitrogen and oxygen atoms in total. The molecule has 0 atom stereocenters. The van der Waals surface area contributed by atoms with Gasteiger partial charge in [0, 0.05) is 11.1 Å². The fourth-order valence-corrected chi connectivity index (χ4v) is 1.15. The second-order valence-electron chi connectivity index (χ2n) is 4.01. The van der Waals surface area contributed by atoms with Gasteiger partial charge < -0.3 is 5.73 Å². The van der Waals surface area contributed by atoms with Crippen molar-refractivity contribution in [1.82, 2.24) is 0 Å². The molecule has 0 spiro atoms. The zero-order chi connectivity index (χ0) is 8.36. The third-order valence-corrected chi connectivity index (χ3v) is 1.79. The van der Waals surface area contributed by atoms with Crippen LogP contribution in [0.1, 0.15) is 34.1 Å². The van der Waals surface area contributed by atoms with E-state index in [1.54, 1.807) is 0 Å². The third kappa shape index (κ3) is 2.90. The quantitative estimate of drug-likeness (QED) is 0.642.